The van der Waals surface area contributed by atoms with Crippen LogP contribution in [0.4, 0.5) is 0 Å². The lowest BCUT2D eigenvalue weighted by atomic mass is 9.82. The third-order valence-electron chi connectivity index (χ3n) is 4.52. The number of hydrogen-bond acceptors (Lipinski definition) is 1. The summed E-state index contributed by atoms with van der Waals surface area (Å²) in [7, 11) is 0. The summed E-state index contributed by atoms with van der Waals surface area (Å²) in [5.74, 6) is 3.06. The van der Waals surface area contributed by atoms with Gasteiger partial charge in [0.05, 0.1) is 0 Å². The van der Waals surface area contributed by atoms with Gasteiger partial charge in [-0.15, -0.1) is 0 Å². The molecule has 0 saturated heterocycles. The minimum atomic E-state index is 0.989. The SMILES string of the molecule is CC1CCC(CNCCC2CCC2)CC1. The second-order valence-electron chi connectivity index (χ2n) is 5.92. The fourth-order valence-corrected chi connectivity index (χ4v) is 2.93. The van der Waals surface area contributed by atoms with Gasteiger partial charge >= 0.3 is 0 Å². The van der Waals surface area contributed by atoms with Crippen molar-refractivity contribution in [3.05, 3.63) is 0 Å². The van der Waals surface area contributed by atoms with E-state index in [1.54, 1.807) is 0 Å². The summed E-state index contributed by atoms with van der Waals surface area (Å²) < 4.78 is 0. The van der Waals surface area contributed by atoms with Crippen molar-refractivity contribution in [2.24, 2.45) is 17.8 Å². The minimum Gasteiger partial charge on any atom is -0.316 e. The molecule has 0 atom stereocenters. The first-order valence-corrected chi connectivity index (χ1v) is 7.05. The predicted molar refractivity (Wildman–Crippen MR) is 65.9 cm³/mol. The lowest BCUT2D eigenvalue weighted by molar-refractivity contribution is 0.265. The Morgan fingerprint density at radius 1 is 0.933 bits per heavy atom. The topological polar surface area (TPSA) is 12.0 Å². The van der Waals surface area contributed by atoms with Gasteiger partial charge in [-0.2, -0.15) is 0 Å². The molecule has 0 amide bonds. The fourth-order valence-electron chi connectivity index (χ4n) is 2.93. The average molecular weight is 209 g/mol. The smallest absolute Gasteiger partial charge is 0.00205 e. The Hall–Kier alpha value is -0.0400. The summed E-state index contributed by atoms with van der Waals surface area (Å²) >= 11 is 0. The van der Waals surface area contributed by atoms with E-state index in [2.05, 4.69) is 12.2 Å². The van der Waals surface area contributed by atoms with Gasteiger partial charge in [0.15, 0.2) is 0 Å². The van der Waals surface area contributed by atoms with E-state index in [1.165, 1.54) is 64.5 Å². The molecule has 1 heteroatoms. The Bertz CT molecular complexity index is 166. The Balaban J connectivity index is 1.46. The zero-order valence-corrected chi connectivity index (χ0v) is 10.3. The summed E-state index contributed by atoms with van der Waals surface area (Å²) in [6, 6.07) is 0. The lowest BCUT2D eigenvalue weighted by Crippen LogP contribution is -2.28. The number of nitrogens with one attached hydrogen (secondary N) is 1. The van der Waals surface area contributed by atoms with Crippen LogP contribution in [0.15, 0.2) is 0 Å². The molecule has 2 saturated carbocycles. The minimum absolute atomic E-state index is 0.989. The molecule has 15 heavy (non-hydrogen) atoms. The summed E-state index contributed by atoms with van der Waals surface area (Å²) in [4.78, 5) is 0. The van der Waals surface area contributed by atoms with E-state index >= 15 is 0 Å². The van der Waals surface area contributed by atoms with Crippen LogP contribution in [-0.4, -0.2) is 13.1 Å². The molecule has 0 aromatic carbocycles. The Morgan fingerprint density at radius 3 is 2.27 bits per heavy atom. The van der Waals surface area contributed by atoms with Crippen LogP contribution in [0.3, 0.4) is 0 Å². The van der Waals surface area contributed by atoms with Crippen LogP contribution >= 0.6 is 0 Å². The zero-order chi connectivity index (χ0) is 10.5. The molecule has 0 aromatic rings. The largest absolute Gasteiger partial charge is 0.316 e. The number of hydrogen-bond donors (Lipinski definition) is 1. The van der Waals surface area contributed by atoms with Crippen LogP contribution in [0.2, 0.25) is 0 Å². The molecule has 0 spiro atoms. The quantitative estimate of drug-likeness (QED) is 0.682. The van der Waals surface area contributed by atoms with Crippen LogP contribution in [-0.2, 0) is 0 Å². The second kappa shape index (κ2) is 5.89. The van der Waals surface area contributed by atoms with Gasteiger partial charge in [0.25, 0.3) is 0 Å². The molecule has 88 valence electrons. The van der Waals surface area contributed by atoms with Crippen molar-refractivity contribution >= 4 is 0 Å². The van der Waals surface area contributed by atoms with Crippen LogP contribution in [0.1, 0.15) is 58.3 Å². The van der Waals surface area contributed by atoms with E-state index in [-0.39, 0.29) is 0 Å². The maximum absolute atomic E-state index is 3.67. The molecule has 0 radical (unpaired) electrons. The van der Waals surface area contributed by atoms with Crippen molar-refractivity contribution in [1.82, 2.24) is 5.32 Å². The maximum atomic E-state index is 3.67. The highest BCUT2D eigenvalue weighted by Gasteiger charge is 2.19. The highest BCUT2D eigenvalue weighted by molar-refractivity contribution is 4.73. The van der Waals surface area contributed by atoms with Crippen molar-refractivity contribution < 1.29 is 0 Å². The van der Waals surface area contributed by atoms with Gasteiger partial charge in [0, 0.05) is 0 Å². The fraction of sp³-hybridized carbons (Fsp3) is 1.00. The van der Waals surface area contributed by atoms with Gasteiger partial charge < -0.3 is 5.32 Å². The van der Waals surface area contributed by atoms with Gasteiger partial charge in [-0.3, -0.25) is 0 Å². The monoisotopic (exact) mass is 209 g/mol. The standard InChI is InChI=1S/C14H27N/c1-12-5-7-14(8-6-12)11-15-10-9-13-3-2-4-13/h12-15H,2-11H2,1H3. The van der Waals surface area contributed by atoms with E-state index in [9.17, 15) is 0 Å². The van der Waals surface area contributed by atoms with Crippen molar-refractivity contribution in [2.45, 2.75) is 58.3 Å². The third kappa shape index (κ3) is 3.79. The molecule has 2 rings (SSSR count). The van der Waals surface area contributed by atoms with E-state index < -0.39 is 0 Å². The van der Waals surface area contributed by atoms with E-state index in [0.29, 0.717) is 0 Å². The molecule has 0 aromatic heterocycles. The first kappa shape index (κ1) is 11.4. The van der Waals surface area contributed by atoms with Gasteiger partial charge in [0.1, 0.15) is 0 Å². The molecule has 0 unspecified atom stereocenters. The molecular formula is C14H27N. The van der Waals surface area contributed by atoms with Gasteiger partial charge in [-0.25, -0.2) is 0 Å². The molecule has 2 aliphatic carbocycles. The molecule has 0 bridgehead atoms. The molecular weight excluding hydrogens is 182 g/mol. The summed E-state index contributed by atoms with van der Waals surface area (Å²) in [5.41, 5.74) is 0. The first-order chi connectivity index (χ1) is 7.34. The summed E-state index contributed by atoms with van der Waals surface area (Å²) in [5, 5.41) is 3.67. The predicted octanol–water partition coefficient (Wildman–Crippen LogP) is 3.59. The van der Waals surface area contributed by atoms with E-state index in [0.717, 1.165) is 17.8 Å². The lowest BCUT2D eigenvalue weighted by Gasteiger charge is -2.28. The van der Waals surface area contributed by atoms with Crippen molar-refractivity contribution in [3.8, 4) is 0 Å². The normalized spacial score (nSPS) is 32.6. The Labute approximate surface area is 95.0 Å². The third-order valence-corrected chi connectivity index (χ3v) is 4.52. The van der Waals surface area contributed by atoms with Crippen LogP contribution in [0.25, 0.3) is 0 Å². The van der Waals surface area contributed by atoms with Crippen molar-refractivity contribution in [3.63, 3.8) is 0 Å². The summed E-state index contributed by atoms with van der Waals surface area (Å²) in [6.45, 7) is 4.97. The van der Waals surface area contributed by atoms with E-state index in [4.69, 9.17) is 0 Å². The summed E-state index contributed by atoms with van der Waals surface area (Å²) in [6.07, 6.45) is 11.8. The Morgan fingerprint density at radius 2 is 1.67 bits per heavy atom. The highest BCUT2D eigenvalue weighted by Crippen LogP contribution is 2.29. The number of rotatable bonds is 5. The Kier molecular flexibility index (Phi) is 4.49. The van der Waals surface area contributed by atoms with Gasteiger partial charge in [0.2, 0.25) is 0 Å². The highest BCUT2D eigenvalue weighted by atomic mass is 14.9. The van der Waals surface area contributed by atoms with Crippen LogP contribution in [0.5, 0.6) is 0 Å². The first-order valence-electron chi connectivity index (χ1n) is 7.05. The average Bonchev–Trinajstić information content (AvgIpc) is 2.18. The van der Waals surface area contributed by atoms with Crippen molar-refractivity contribution in [2.75, 3.05) is 13.1 Å². The molecule has 2 aliphatic rings. The van der Waals surface area contributed by atoms with Gasteiger partial charge in [-0.05, 0) is 50.1 Å². The maximum Gasteiger partial charge on any atom is -0.00205 e. The zero-order valence-electron chi connectivity index (χ0n) is 10.3. The second-order valence-corrected chi connectivity index (χ2v) is 5.92. The molecule has 1 nitrogen and oxygen atoms in total. The molecule has 0 aliphatic heterocycles. The van der Waals surface area contributed by atoms with Gasteiger partial charge in [-0.1, -0.05) is 39.0 Å². The molecule has 2 fully saturated rings. The van der Waals surface area contributed by atoms with Crippen molar-refractivity contribution in [1.29, 1.82) is 0 Å². The van der Waals surface area contributed by atoms with Crippen LogP contribution < -0.4 is 5.32 Å². The molecule has 1 N–H and O–H groups in total. The molecule has 0 heterocycles. The van der Waals surface area contributed by atoms with E-state index in [1.807, 2.05) is 0 Å². The van der Waals surface area contributed by atoms with Crippen LogP contribution in [0, 0.1) is 17.8 Å².